The number of carboxylic acids is 1. The number of aromatic nitrogens is 1. The summed E-state index contributed by atoms with van der Waals surface area (Å²) >= 11 is 5.73. The second-order valence-corrected chi connectivity index (χ2v) is 8.02. The summed E-state index contributed by atoms with van der Waals surface area (Å²) < 4.78 is 15.3. The first-order valence-electron chi connectivity index (χ1n) is 9.72. The molecule has 1 aromatic heterocycles. The van der Waals surface area contributed by atoms with Gasteiger partial charge in [-0.15, -0.1) is 0 Å². The third-order valence-corrected chi connectivity index (χ3v) is 5.89. The van der Waals surface area contributed by atoms with Gasteiger partial charge in [-0.3, -0.25) is 14.2 Å². The molecule has 2 atom stereocenters. The van der Waals surface area contributed by atoms with E-state index in [-0.39, 0.29) is 22.3 Å². The van der Waals surface area contributed by atoms with Crippen molar-refractivity contribution in [1.82, 2.24) is 4.57 Å². The van der Waals surface area contributed by atoms with E-state index < -0.39 is 23.6 Å². The zero-order chi connectivity index (χ0) is 22.2. The standard InChI is InChI=1S/C23H23ClFNO4/c1-4-12(2)9-17(23(29)30)21-13(3)26(20-8-6-15(27)11-16(20)21)22(28)14-5-7-18(24)19(25)10-14/h5-8,10-12,17,27H,4,9H2,1-3H3,(H,29,30)/t12?,17-/m0/s1. The number of halogens is 2. The second kappa shape index (κ2) is 8.48. The van der Waals surface area contributed by atoms with Gasteiger partial charge in [0.15, 0.2) is 0 Å². The SMILES string of the molecule is CCC(C)C[C@H](C(=O)O)c1c(C)n(C(=O)c2ccc(Cl)c(F)c2)c2ccc(O)cc12. The van der Waals surface area contributed by atoms with Gasteiger partial charge in [0.05, 0.1) is 16.5 Å². The summed E-state index contributed by atoms with van der Waals surface area (Å²) in [5.41, 5.74) is 1.48. The monoisotopic (exact) mass is 431 g/mol. The van der Waals surface area contributed by atoms with Crippen LogP contribution in [0.3, 0.4) is 0 Å². The summed E-state index contributed by atoms with van der Waals surface area (Å²) in [7, 11) is 0. The average Bonchev–Trinajstić information content (AvgIpc) is 2.98. The number of nitrogens with zero attached hydrogens (tertiary/aromatic N) is 1. The van der Waals surface area contributed by atoms with E-state index in [0.29, 0.717) is 28.6 Å². The van der Waals surface area contributed by atoms with Crippen LogP contribution < -0.4 is 0 Å². The molecular formula is C23H23ClFNO4. The molecule has 0 aliphatic heterocycles. The van der Waals surface area contributed by atoms with Crippen molar-refractivity contribution < 1.29 is 24.2 Å². The fourth-order valence-corrected chi connectivity index (χ4v) is 3.92. The molecule has 0 aliphatic rings. The lowest BCUT2D eigenvalue weighted by atomic mass is 9.87. The molecule has 5 nitrogen and oxygen atoms in total. The van der Waals surface area contributed by atoms with Gasteiger partial charge < -0.3 is 10.2 Å². The number of phenolic OH excluding ortho intramolecular Hbond substituents is 1. The van der Waals surface area contributed by atoms with Gasteiger partial charge in [0.25, 0.3) is 5.91 Å². The van der Waals surface area contributed by atoms with Gasteiger partial charge in [0.2, 0.25) is 0 Å². The number of rotatable bonds is 6. The number of hydrogen-bond donors (Lipinski definition) is 2. The van der Waals surface area contributed by atoms with E-state index in [9.17, 15) is 24.2 Å². The molecule has 7 heteroatoms. The van der Waals surface area contributed by atoms with E-state index in [2.05, 4.69) is 0 Å². The lowest BCUT2D eigenvalue weighted by Crippen LogP contribution is -2.18. The minimum absolute atomic E-state index is 0.0291. The molecule has 2 N–H and O–H groups in total. The van der Waals surface area contributed by atoms with E-state index in [1.54, 1.807) is 13.0 Å². The Labute approximate surface area is 178 Å². The number of benzene rings is 2. The Kier molecular flexibility index (Phi) is 6.17. The molecule has 30 heavy (non-hydrogen) atoms. The smallest absolute Gasteiger partial charge is 0.311 e. The molecule has 0 aliphatic carbocycles. The van der Waals surface area contributed by atoms with Crippen molar-refractivity contribution in [2.24, 2.45) is 5.92 Å². The van der Waals surface area contributed by atoms with Crippen LogP contribution in [0.2, 0.25) is 5.02 Å². The molecule has 0 amide bonds. The lowest BCUT2D eigenvalue weighted by Gasteiger charge is -2.17. The second-order valence-electron chi connectivity index (χ2n) is 7.61. The summed E-state index contributed by atoms with van der Waals surface area (Å²) in [5.74, 6) is -2.93. The Morgan fingerprint density at radius 3 is 2.50 bits per heavy atom. The number of fused-ring (bicyclic) bond motifs is 1. The van der Waals surface area contributed by atoms with Crippen LogP contribution in [0.1, 0.15) is 54.2 Å². The third kappa shape index (κ3) is 3.92. The highest BCUT2D eigenvalue weighted by molar-refractivity contribution is 6.30. The molecule has 0 fully saturated rings. The van der Waals surface area contributed by atoms with Crippen LogP contribution in [0.15, 0.2) is 36.4 Å². The number of carbonyl (C=O) groups excluding carboxylic acids is 1. The van der Waals surface area contributed by atoms with E-state index in [0.717, 1.165) is 12.5 Å². The van der Waals surface area contributed by atoms with Crippen LogP contribution in [0.4, 0.5) is 4.39 Å². The Morgan fingerprint density at radius 2 is 1.90 bits per heavy atom. The van der Waals surface area contributed by atoms with Crippen molar-refractivity contribution in [3.05, 3.63) is 64.1 Å². The van der Waals surface area contributed by atoms with Crippen LogP contribution in [0.5, 0.6) is 5.75 Å². The zero-order valence-corrected chi connectivity index (χ0v) is 17.7. The minimum atomic E-state index is -0.995. The summed E-state index contributed by atoms with van der Waals surface area (Å²) in [6.45, 7) is 5.64. The molecule has 0 bridgehead atoms. The maximum Gasteiger partial charge on any atom is 0.311 e. The van der Waals surface area contributed by atoms with E-state index in [1.807, 2.05) is 13.8 Å². The van der Waals surface area contributed by atoms with Crippen molar-refractivity contribution in [2.75, 3.05) is 0 Å². The molecule has 0 spiro atoms. The Bertz CT molecular complexity index is 1140. The fraction of sp³-hybridized carbons (Fsp3) is 0.304. The molecule has 0 radical (unpaired) electrons. The first-order valence-corrected chi connectivity index (χ1v) is 10.1. The maximum absolute atomic E-state index is 13.9. The van der Waals surface area contributed by atoms with Crippen molar-refractivity contribution in [3.8, 4) is 5.75 Å². The highest BCUT2D eigenvalue weighted by atomic mass is 35.5. The Morgan fingerprint density at radius 1 is 1.20 bits per heavy atom. The highest BCUT2D eigenvalue weighted by Gasteiger charge is 2.30. The summed E-state index contributed by atoms with van der Waals surface area (Å²) in [6, 6.07) is 8.25. The van der Waals surface area contributed by atoms with E-state index in [4.69, 9.17) is 11.6 Å². The van der Waals surface area contributed by atoms with Gasteiger partial charge in [-0.1, -0.05) is 31.9 Å². The topological polar surface area (TPSA) is 79.5 Å². The third-order valence-electron chi connectivity index (χ3n) is 5.59. The number of aliphatic carboxylic acids is 1. The van der Waals surface area contributed by atoms with Gasteiger partial charge >= 0.3 is 5.97 Å². The lowest BCUT2D eigenvalue weighted by molar-refractivity contribution is -0.139. The predicted octanol–water partition coefficient (Wildman–Crippen LogP) is 5.74. The maximum atomic E-state index is 13.9. The molecule has 1 unspecified atom stereocenters. The molecule has 3 rings (SSSR count). The van der Waals surface area contributed by atoms with Crippen LogP contribution >= 0.6 is 11.6 Å². The van der Waals surface area contributed by atoms with Crippen molar-refractivity contribution in [2.45, 2.75) is 39.5 Å². The van der Waals surface area contributed by atoms with E-state index >= 15 is 0 Å². The number of phenols is 1. The molecule has 158 valence electrons. The minimum Gasteiger partial charge on any atom is -0.508 e. The van der Waals surface area contributed by atoms with Gasteiger partial charge in [-0.2, -0.15) is 0 Å². The summed E-state index contributed by atoms with van der Waals surface area (Å²) in [5, 5.41) is 20.4. The van der Waals surface area contributed by atoms with Gasteiger partial charge in [-0.25, -0.2) is 4.39 Å². The number of carbonyl (C=O) groups is 2. The van der Waals surface area contributed by atoms with E-state index in [1.165, 1.54) is 28.8 Å². The van der Waals surface area contributed by atoms with Crippen molar-refractivity contribution in [3.63, 3.8) is 0 Å². The van der Waals surface area contributed by atoms with Gasteiger partial charge in [0.1, 0.15) is 11.6 Å². The van der Waals surface area contributed by atoms with Crippen molar-refractivity contribution in [1.29, 1.82) is 0 Å². The van der Waals surface area contributed by atoms with Crippen LogP contribution in [0.25, 0.3) is 10.9 Å². The van der Waals surface area contributed by atoms with Gasteiger partial charge in [0, 0.05) is 16.6 Å². The number of carboxylic acid groups (broad SMARTS) is 1. The first kappa shape index (κ1) is 21.8. The molecule has 3 aromatic rings. The van der Waals surface area contributed by atoms with Crippen LogP contribution in [-0.2, 0) is 4.79 Å². The van der Waals surface area contributed by atoms with Crippen LogP contribution in [-0.4, -0.2) is 26.7 Å². The quantitative estimate of drug-likeness (QED) is 0.521. The highest BCUT2D eigenvalue weighted by Crippen LogP contribution is 2.38. The fourth-order valence-electron chi connectivity index (χ4n) is 3.80. The summed E-state index contributed by atoms with van der Waals surface area (Å²) in [4.78, 5) is 25.4. The zero-order valence-electron chi connectivity index (χ0n) is 16.9. The Balaban J connectivity index is 2.26. The molecule has 2 aromatic carbocycles. The van der Waals surface area contributed by atoms with Crippen molar-refractivity contribution >= 4 is 34.4 Å². The molecule has 1 heterocycles. The molecule has 0 saturated carbocycles. The molecular weight excluding hydrogens is 409 g/mol. The van der Waals surface area contributed by atoms with Gasteiger partial charge in [-0.05, 0) is 61.2 Å². The average molecular weight is 432 g/mol. The normalized spacial score (nSPS) is 13.4. The number of hydrogen-bond acceptors (Lipinski definition) is 3. The summed E-state index contributed by atoms with van der Waals surface area (Å²) in [6.07, 6.45) is 1.21. The predicted molar refractivity (Wildman–Crippen MR) is 114 cm³/mol. The largest absolute Gasteiger partial charge is 0.508 e. The van der Waals surface area contributed by atoms with Crippen LogP contribution in [0, 0.1) is 18.7 Å². The molecule has 0 saturated heterocycles. The Hall–Kier alpha value is -2.86. The number of aromatic hydroxyl groups is 1. The first-order chi connectivity index (χ1) is 14.1.